The molecule has 18 heavy (non-hydrogen) atoms. The fourth-order valence-electron chi connectivity index (χ4n) is 1.68. The van der Waals surface area contributed by atoms with Crippen LogP contribution in [0.15, 0.2) is 18.2 Å². The minimum Gasteiger partial charge on any atom is -0.478 e. The van der Waals surface area contributed by atoms with Crippen LogP contribution in [-0.2, 0) is 15.7 Å². The molecule has 1 aliphatic rings. The smallest absolute Gasteiger partial charge is 0.416 e. The normalized spacial score (nSPS) is 17.1. The highest BCUT2D eigenvalue weighted by atomic mass is 19.4. The molecule has 0 spiro atoms. The van der Waals surface area contributed by atoms with E-state index in [0.717, 1.165) is 12.1 Å². The number of rotatable bonds is 2. The summed E-state index contributed by atoms with van der Waals surface area (Å²) in [6.07, 6.45) is -5.75. The van der Waals surface area contributed by atoms with Gasteiger partial charge in [-0.15, -0.1) is 0 Å². The maximum Gasteiger partial charge on any atom is 0.416 e. The maximum absolute atomic E-state index is 12.8. The minimum atomic E-state index is -4.66. The highest BCUT2D eigenvalue weighted by Crippen LogP contribution is 2.37. The van der Waals surface area contributed by atoms with Crippen LogP contribution in [0.4, 0.5) is 13.2 Å². The largest absolute Gasteiger partial charge is 0.478 e. The number of hydrogen-bond donors (Lipinski definition) is 1. The first-order valence-corrected chi connectivity index (χ1v) is 5.07. The van der Waals surface area contributed by atoms with E-state index >= 15 is 0 Å². The first-order valence-electron chi connectivity index (χ1n) is 5.07. The van der Waals surface area contributed by atoms with Crippen LogP contribution in [0, 0.1) is 0 Å². The third-order valence-electron chi connectivity index (χ3n) is 2.48. The topological polar surface area (TPSA) is 55.8 Å². The van der Waals surface area contributed by atoms with E-state index in [1.807, 2.05) is 0 Å². The molecule has 0 amide bonds. The zero-order chi connectivity index (χ0) is 13.3. The predicted molar refractivity (Wildman–Crippen MR) is 53.0 cm³/mol. The van der Waals surface area contributed by atoms with E-state index in [2.05, 4.69) is 0 Å². The van der Waals surface area contributed by atoms with Crippen LogP contribution in [0.1, 0.15) is 27.8 Å². The Labute approximate surface area is 99.9 Å². The number of benzene rings is 1. The summed E-state index contributed by atoms with van der Waals surface area (Å²) >= 11 is 0. The summed E-state index contributed by atoms with van der Waals surface area (Å²) < 4.78 is 48.5. The minimum absolute atomic E-state index is 0.204. The summed E-state index contributed by atoms with van der Waals surface area (Å²) in [5.74, 6) is -1.42. The Balaban J connectivity index is 2.48. The van der Waals surface area contributed by atoms with Crippen LogP contribution < -0.4 is 0 Å². The van der Waals surface area contributed by atoms with Gasteiger partial charge in [0.2, 0.25) is 0 Å². The van der Waals surface area contributed by atoms with Gasteiger partial charge < -0.3 is 14.6 Å². The molecule has 0 bridgehead atoms. The third kappa shape index (κ3) is 2.46. The predicted octanol–water partition coefficient (Wildman–Crippen LogP) is 2.45. The van der Waals surface area contributed by atoms with Gasteiger partial charge in [-0.05, 0) is 12.1 Å². The standard InChI is InChI=1S/C11H9F3O4/c12-11(13,14)8-5-6(9(15)16)1-2-7(8)10-17-3-4-18-10/h1-2,5,10H,3-4H2,(H,15,16). The zero-order valence-corrected chi connectivity index (χ0v) is 9.03. The second-order valence-corrected chi connectivity index (χ2v) is 3.68. The van der Waals surface area contributed by atoms with Crippen LogP contribution in [0.25, 0.3) is 0 Å². The molecule has 0 aromatic heterocycles. The van der Waals surface area contributed by atoms with Crippen molar-refractivity contribution in [1.82, 2.24) is 0 Å². The molecule has 1 N–H and O–H groups in total. The van der Waals surface area contributed by atoms with Crippen molar-refractivity contribution in [2.24, 2.45) is 0 Å². The average molecular weight is 262 g/mol. The number of carboxylic acid groups (broad SMARTS) is 1. The molecule has 7 heteroatoms. The van der Waals surface area contributed by atoms with Crippen molar-refractivity contribution in [2.75, 3.05) is 13.2 Å². The molecular formula is C11H9F3O4. The zero-order valence-electron chi connectivity index (χ0n) is 9.03. The van der Waals surface area contributed by atoms with Crippen LogP contribution in [0.3, 0.4) is 0 Å². The van der Waals surface area contributed by atoms with Gasteiger partial charge in [-0.3, -0.25) is 0 Å². The molecule has 0 aliphatic carbocycles. The Morgan fingerprint density at radius 3 is 2.39 bits per heavy atom. The summed E-state index contributed by atoms with van der Waals surface area (Å²) in [5.41, 5.74) is -1.68. The van der Waals surface area contributed by atoms with E-state index in [9.17, 15) is 18.0 Å². The van der Waals surface area contributed by atoms with Gasteiger partial charge in [-0.2, -0.15) is 13.2 Å². The van der Waals surface area contributed by atoms with Gasteiger partial charge in [-0.25, -0.2) is 4.79 Å². The van der Waals surface area contributed by atoms with Crippen LogP contribution in [0.2, 0.25) is 0 Å². The summed E-state index contributed by atoms with van der Waals surface area (Å²) in [7, 11) is 0. The molecule has 2 rings (SSSR count). The molecule has 0 radical (unpaired) electrons. The number of carbonyl (C=O) groups is 1. The molecule has 4 nitrogen and oxygen atoms in total. The molecule has 1 saturated heterocycles. The summed E-state index contributed by atoms with van der Waals surface area (Å²) in [6, 6.07) is 2.75. The molecule has 0 unspecified atom stereocenters. The number of halogens is 3. The molecule has 1 aromatic rings. The van der Waals surface area contributed by atoms with Crippen molar-refractivity contribution in [2.45, 2.75) is 12.5 Å². The van der Waals surface area contributed by atoms with Crippen molar-refractivity contribution in [3.63, 3.8) is 0 Å². The van der Waals surface area contributed by atoms with Crippen molar-refractivity contribution in [3.05, 3.63) is 34.9 Å². The van der Waals surface area contributed by atoms with Crippen molar-refractivity contribution < 1.29 is 32.5 Å². The van der Waals surface area contributed by atoms with E-state index < -0.39 is 29.6 Å². The average Bonchev–Trinajstić information content (AvgIpc) is 2.80. The van der Waals surface area contributed by atoms with E-state index in [-0.39, 0.29) is 18.8 Å². The molecule has 98 valence electrons. The van der Waals surface area contributed by atoms with Crippen molar-refractivity contribution >= 4 is 5.97 Å². The lowest BCUT2D eigenvalue weighted by Crippen LogP contribution is -2.14. The second kappa shape index (κ2) is 4.58. The van der Waals surface area contributed by atoms with Gasteiger partial charge in [0.15, 0.2) is 6.29 Å². The SMILES string of the molecule is O=C(O)c1ccc(C2OCCO2)c(C(F)(F)F)c1. The number of alkyl halides is 3. The first-order chi connectivity index (χ1) is 8.39. The summed E-state index contributed by atoms with van der Waals surface area (Å²) in [5, 5.41) is 8.70. The van der Waals surface area contributed by atoms with E-state index in [1.54, 1.807) is 0 Å². The van der Waals surface area contributed by atoms with Crippen molar-refractivity contribution in [1.29, 1.82) is 0 Å². The molecule has 0 saturated carbocycles. The lowest BCUT2D eigenvalue weighted by atomic mass is 10.0. The quantitative estimate of drug-likeness (QED) is 0.889. The number of hydrogen-bond acceptors (Lipinski definition) is 3. The highest BCUT2D eigenvalue weighted by molar-refractivity contribution is 5.88. The Hall–Kier alpha value is -1.60. The summed E-state index contributed by atoms with van der Waals surface area (Å²) in [6.45, 7) is 0.422. The van der Waals surface area contributed by atoms with Crippen LogP contribution in [0.5, 0.6) is 0 Å². The van der Waals surface area contributed by atoms with Gasteiger partial charge in [0.1, 0.15) is 0 Å². The lowest BCUT2D eigenvalue weighted by Gasteiger charge is -2.17. The maximum atomic E-state index is 12.8. The van der Waals surface area contributed by atoms with E-state index in [4.69, 9.17) is 14.6 Å². The fraction of sp³-hybridized carbons (Fsp3) is 0.364. The molecule has 1 aliphatic heterocycles. The fourth-order valence-corrected chi connectivity index (χ4v) is 1.68. The van der Waals surface area contributed by atoms with Gasteiger partial charge in [-0.1, -0.05) is 6.07 Å². The van der Waals surface area contributed by atoms with Gasteiger partial charge in [0.25, 0.3) is 0 Å². The lowest BCUT2D eigenvalue weighted by molar-refractivity contribution is -0.142. The molecular weight excluding hydrogens is 253 g/mol. The van der Waals surface area contributed by atoms with E-state index in [0.29, 0.717) is 6.07 Å². The molecule has 1 aromatic carbocycles. The Kier molecular flexibility index (Phi) is 3.27. The molecule has 1 fully saturated rings. The highest BCUT2D eigenvalue weighted by Gasteiger charge is 2.37. The van der Waals surface area contributed by atoms with Gasteiger partial charge in [0, 0.05) is 5.56 Å². The van der Waals surface area contributed by atoms with Crippen LogP contribution >= 0.6 is 0 Å². The number of carboxylic acids is 1. The number of ether oxygens (including phenoxy) is 2. The van der Waals surface area contributed by atoms with E-state index in [1.165, 1.54) is 0 Å². The van der Waals surface area contributed by atoms with Crippen LogP contribution in [-0.4, -0.2) is 24.3 Å². The first kappa shape index (κ1) is 12.8. The Morgan fingerprint density at radius 1 is 1.28 bits per heavy atom. The third-order valence-corrected chi connectivity index (χ3v) is 2.48. The molecule has 1 heterocycles. The van der Waals surface area contributed by atoms with Gasteiger partial charge >= 0.3 is 12.1 Å². The monoisotopic (exact) mass is 262 g/mol. The summed E-state index contributed by atoms with van der Waals surface area (Å²) in [4.78, 5) is 10.7. The van der Waals surface area contributed by atoms with Crippen molar-refractivity contribution in [3.8, 4) is 0 Å². The molecule has 0 atom stereocenters. The van der Waals surface area contributed by atoms with Gasteiger partial charge in [0.05, 0.1) is 24.3 Å². The number of aromatic carboxylic acids is 1. The Morgan fingerprint density at radius 2 is 1.89 bits per heavy atom. The second-order valence-electron chi connectivity index (χ2n) is 3.68. The Bertz CT molecular complexity index is 464.